The Morgan fingerprint density at radius 2 is 2.17 bits per heavy atom. The number of hydrazone groups is 1. The summed E-state index contributed by atoms with van der Waals surface area (Å²) >= 11 is 1.39. The lowest BCUT2D eigenvalue weighted by molar-refractivity contribution is -0.125. The second-order valence-corrected chi connectivity index (χ2v) is 7.66. The van der Waals surface area contributed by atoms with E-state index in [1.165, 1.54) is 11.8 Å². The number of amides is 1. The van der Waals surface area contributed by atoms with E-state index < -0.39 is 0 Å². The first-order valence-corrected chi connectivity index (χ1v) is 10.3. The minimum atomic E-state index is -0.363. The maximum absolute atomic E-state index is 12.2. The van der Waals surface area contributed by atoms with Crippen LogP contribution in [0.2, 0.25) is 0 Å². The topological polar surface area (TPSA) is 118 Å². The highest BCUT2D eigenvalue weighted by molar-refractivity contribution is 8.13. The highest BCUT2D eigenvalue weighted by Crippen LogP contribution is 2.32. The maximum atomic E-state index is 12.2. The van der Waals surface area contributed by atoms with E-state index in [0.717, 1.165) is 17.1 Å². The first-order chi connectivity index (χ1) is 14.7. The van der Waals surface area contributed by atoms with Crippen LogP contribution in [-0.4, -0.2) is 39.4 Å². The van der Waals surface area contributed by atoms with Gasteiger partial charge in [-0.15, -0.1) is 5.10 Å². The van der Waals surface area contributed by atoms with Crippen LogP contribution in [0.4, 0.5) is 0 Å². The number of amidine groups is 1. The van der Waals surface area contributed by atoms with Gasteiger partial charge in [0.2, 0.25) is 11.7 Å². The number of rotatable bonds is 5. The summed E-state index contributed by atoms with van der Waals surface area (Å²) in [6.45, 7) is 0. The van der Waals surface area contributed by atoms with Crippen molar-refractivity contribution in [1.82, 2.24) is 26.0 Å². The van der Waals surface area contributed by atoms with E-state index in [4.69, 9.17) is 13.7 Å². The monoisotopic (exact) mass is 426 g/mol. The van der Waals surface area contributed by atoms with Gasteiger partial charge in [-0.1, -0.05) is 16.9 Å². The molecule has 11 heteroatoms. The Balaban J connectivity index is 1.26. The molecular weight excluding hydrogens is 408 g/mol. The number of aromatic nitrogens is 2. The second kappa shape index (κ2) is 7.84. The zero-order chi connectivity index (χ0) is 20.5. The Morgan fingerprint density at radius 1 is 1.30 bits per heavy atom. The number of nitrogens with zero attached hydrogens (tertiary/aromatic N) is 4. The molecule has 2 aromatic heterocycles. The molecule has 0 aliphatic carbocycles. The van der Waals surface area contributed by atoms with Gasteiger partial charge >= 0.3 is 0 Å². The molecule has 30 heavy (non-hydrogen) atoms. The normalized spacial score (nSPS) is 20.6. The van der Waals surface area contributed by atoms with Crippen molar-refractivity contribution in [2.24, 2.45) is 5.10 Å². The largest absolute Gasteiger partial charge is 0.497 e. The summed E-state index contributed by atoms with van der Waals surface area (Å²) in [5, 5.41) is 10.6. The molecule has 0 saturated carbocycles. The SMILES string of the molecule is COc1ccc(-c2noc(CSC3=NNC(=O)C4CC(c5ccco5)NN34)n2)cc1. The second-order valence-electron chi connectivity index (χ2n) is 6.72. The molecular formula is C19H18N6O4S. The van der Waals surface area contributed by atoms with Crippen molar-refractivity contribution in [3.05, 3.63) is 54.3 Å². The third-order valence-corrected chi connectivity index (χ3v) is 5.80. The number of nitrogens with one attached hydrogen (secondary N) is 2. The van der Waals surface area contributed by atoms with Crippen molar-refractivity contribution in [3.8, 4) is 17.1 Å². The van der Waals surface area contributed by atoms with Crippen LogP contribution in [0.3, 0.4) is 0 Å². The molecule has 2 unspecified atom stereocenters. The van der Waals surface area contributed by atoms with Gasteiger partial charge in [0.1, 0.15) is 17.6 Å². The molecule has 2 N–H and O–H groups in total. The van der Waals surface area contributed by atoms with Crippen molar-refractivity contribution >= 4 is 22.8 Å². The molecule has 2 atom stereocenters. The van der Waals surface area contributed by atoms with Gasteiger partial charge in [0.15, 0.2) is 5.17 Å². The molecule has 2 aliphatic heterocycles. The van der Waals surface area contributed by atoms with E-state index in [1.807, 2.05) is 36.4 Å². The molecule has 154 valence electrons. The number of ether oxygens (including phenoxy) is 1. The van der Waals surface area contributed by atoms with Gasteiger partial charge in [-0.05, 0) is 36.4 Å². The van der Waals surface area contributed by atoms with E-state index in [0.29, 0.717) is 29.1 Å². The molecule has 2 aliphatic rings. The number of hydrogen-bond acceptors (Lipinski definition) is 10. The van der Waals surface area contributed by atoms with Gasteiger partial charge < -0.3 is 13.7 Å². The fourth-order valence-electron chi connectivity index (χ4n) is 3.35. The predicted octanol–water partition coefficient (Wildman–Crippen LogP) is 2.29. The third kappa shape index (κ3) is 3.53. The average molecular weight is 426 g/mol. The number of methoxy groups -OCH3 is 1. The fourth-order valence-corrected chi connectivity index (χ4v) is 4.15. The number of benzene rings is 1. The van der Waals surface area contributed by atoms with Crippen LogP contribution in [-0.2, 0) is 10.5 Å². The summed E-state index contributed by atoms with van der Waals surface area (Å²) in [5.41, 5.74) is 6.72. The van der Waals surface area contributed by atoms with Gasteiger partial charge in [-0.25, -0.2) is 10.9 Å². The molecule has 3 aromatic rings. The van der Waals surface area contributed by atoms with E-state index in [2.05, 4.69) is 26.1 Å². The third-order valence-electron chi connectivity index (χ3n) is 4.86. The van der Waals surface area contributed by atoms with E-state index in [1.54, 1.807) is 18.4 Å². The Bertz CT molecular complexity index is 1070. The number of hydrazine groups is 1. The van der Waals surface area contributed by atoms with Crippen molar-refractivity contribution in [2.75, 3.05) is 7.11 Å². The van der Waals surface area contributed by atoms with Crippen LogP contribution in [0.25, 0.3) is 11.4 Å². The average Bonchev–Trinajstić information content (AvgIpc) is 3.54. The zero-order valence-corrected chi connectivity index (χ0v) is 16.8. The Labute approximate surface area is 175 Å². The van der Waals surface area contributed by atoms with Crippen LogP contribution >= 0.6 is 11.8 Å². The number of hydrogen-bond donors (Lipinski definition) is 2. The van der Waals surface area contributed by atoms with Gasteiger partial charge in [-0.3, -0.25) is 9.80 Å². The number of thioether (sulfide) groups is 1. The van der Waals surface area contributed by atoms with Crippen molar-refractivity contribution < 1.29 is 18.5 Å². The zero-order valence-electron chi connectivity index (χ0n) is 15.9. The number of furan rings is 1. The van der Waals surface area contributed by atoms with Gasteiger partial charge in [0.05, 0.1) is 25.2 Å². The van der Waals surface area contributed by atoms with E-state index in [9.17, 15) is 4.79 Å². The lowest BCUT2D eigenvalue weighted by Crippen LogP contribution is -2.52. The molecule has 10 nitrogen and oxygen atoms in total. The summed E-state index contributed by atoms with van der Waals surface area (Å²) in [6, 6.07) is 10.7. The van der Waals surface area contributed by atoms with Crippen molar-refractivity contribution in [2.45, 2.75) is 24.3 Å². The summed E-state index contributed by atoms with van der Waals surface area (Å²) in [7, 11) is 1.62. The first-order valence-electron chi connectivity index (χ1n) is 9.27. The van der Waals surface area contributed by atoms with Crippen LogP contribution in [0, 0.1) is 0 Å². The molecule has 1 saturated heterocycles. The highest BCUT2D eigenvalue weighted by atomic mass is 32.2. The Morgan fingerprint density at radius 3 is 2.93 bits per heavy atom. The Hall–Kier alpha value is -3.31. The lowest BCUT2D eigenvalue weighted by atomic mass is 10.1. The number of fused-ring (bicyclic) bond motifs is 1. The molecule has 0 spiro atoms. The standard InChI is InChI=1S/C19H18N6O4S/c1-27-12-6-4-11(5-7-12)17-20-16(29-24-17)10-30-19-22-21-18(26)14-9-13(23-25(14)19)15-3-2-8-28-15/h2-8,13-14,23H,9-10H2,1H3,(H,21,26). The summed E-state index contributed by atoms with van der Waals surface area (Å²) in [5.74, 6) is 2.76. The van der Waals surface area contributed by atoms with Crippen molar-refractivity contribution in [3.63, 3.8) is 0 Å². The summed E-state index contributed by atoms with van der Waals surface area (Å²) in [6.07, 6.45) is 2.20. The quantitative estimate of drug-likeness (QED) is 0.633. The van der Waals surface area contributed by atoms with Gasteiger partial charge in [0.25, 0.3) is 5.91 Å². The minimum Gasteiger partial charge on any atom is -0.497 e. The van der Waals surface area contributed by atoms with Crippen LogP contribution in [0.5, 0.6) is 5.75 Å². The van der Waals surface area contributed by atoms with Gasteiger partial charge in [0, 0.05) is 12.0 Å². The molecule has 1 amide bonds. The number of carbonyl (C=O) groups excluding carboxylic acids is 1. The van der Waals surface area contributed by atoms with E-state index in [-0.39, 0.29) is 18.0 Å². The molecule has 1 aromatic carbocycles. The van der Waals surface area contributed by atoms with Crippen LogP contribution < -0.4 is 15.6 Å². The molecule has 1 fully saturated rings. The first kappa shape index (κ1) is 18.7. The maximum Gasteiger partial charge on any atom is 0.264 e. The van der Waals surface area contributed by atoms with Gasteiger partial charge in [-0.2, -0.15) is 4.98 Å². The van der Waals surface area contributed by atoms with Crippen LogP contribution in [0.1, 0.15) is 24.1 Å². The molecule has 0 radical (unpaired) electrons. The molecule has 4 heterocycles. The predicted molar refractivity (Wildman–Crippen MR) is 108 cm³/mol. The lowest BCUT2D eigenvalue weighted by Gasteiger charge is -2.28. The van der Waals surface area contributed by atoms with Crippen molar-refractivity contribution in [1.29, 1.82) is 0 Å². The highest BCUT2D eigenvalue weighted by Gasteiger charge is 2.42. The van der Waals surface area contributed by atoms with E-state index >= 15 is 0 Å². The number of carbonyl (C=O) groups is 1. The summed E-state index contributed by atoms with van der Waals surface area (Å²) in [4.78, 5) is 16.7. The van der Waals surface area contributed by atoms with Crippen LogP contribution in [0.15, 0.2) is 56.7 Å². The minimum absolute atomic E-state index is 0.0928. The Kier molecular flexibility index (Phi) is 4.89. The smallest absolute Gasteiger partial charge is 0.264 e. The fraction of sp³-hybridized carbons (Fsp3) is 0.263. The molecule has 5 rings (SSSR count). The summed E-state index contributed by atoms with van der Waals surface area (Å²) < 4.78 is 16.0. The molecule has 0 bridgehead atoms.